The van der Waals surface area contributed by atoms with Gasteiger partial charge in [-0.1, -0.05) is 56.3 Å². The first-order valence-corrected chi connectivity index (χ1v) is 7.49. The molecule has 0 saturated heterocycles. The van der Waals surface area contributed by atoms with Crippen molar-refractivity contribution in [2.75, 3.05) is 0 Å². The summed E-state index contributed by atoms with van der Waals surface area (Å²) in [6, 6.07) is 6.84. The number of aryl methyl sites for hydroxylation is 1. The number of benzene rings is 1. The molecule has 0 aromatic heterocycles. The maximum atomic E-state index is 6.22. The van der Waals surface area contributed by atoms with Gasteiger partial charge in [0.2, 0.25) is 0 Å². The van der Waals surface area contributed by atoms with E-state index < -0.39 is 0 Å². The van der Waals surface area contributed by atoms with Crippen LogP contribution in [-0.4, -0.2) is 6.04 Å². The lowest BCUT2D eigenvalue weighted by atomic mass is 10.1. The van der Waals surface area contributed by atoms with E-state index in [2.05, 4.69) is 38.2 Å². The van der Waals surface area contributed by atoms with Gasteiger partial charge in [-0.25, -0.2) is 0 Å². The molecule has 0 saturated carbocycles. The second kappa shape index (κ2) is 8.55. The lowest BCUT2D eigenvalue weighted by Crippen LogP contribution is -2.25. The van der Waals surface area contributed by atoms with E-state index in [4.69, 9.17) is 11.6 Å². The summed E-state index contributed by atoms with van der Waals surface area (Å²) in [5, 5.41) is 4.43. The van der Waals surface area contributed by atoms with Gasteiger partial charge in [0.05, 0.1) is 0 Å². The van der Waals surface area contributed by atoms with Crippen LogP contribution < -0.4 is 5.32 Å². The van der Waals surface area contributed by atoms with Crippen molar-refractivity contribution < 1.29 is 0 Å². The van der Waals surface area contributed by atoms with Crippen LogP contribution in [0.3, 0.4) is 0 Å². The Hall–Kier alpha value is -0.530. The van der Waals surface area contributed by atoms with E-state index in [1.807, 2.05) is 6.07 Å². The van der Waals surface area contributed by atoms with Crippen LogP contribution in [0, 0.1) is 6.92 Å². The highest BCUT2D eigenvalue weighted by Gasteiger charge is 2.04. The molecule has 0 aliphatic carbocycles. The summed E-state index contributed by atoms with van der Waals surface area (Å²) < 4.78 is 0. The number of hydrogen-bond acceptors (Lipinski definition) is 1. The van der Waals surface area contributed by atoms with Crippen molar-refractivity contribution in [1.29, 1.82) is 0 Å². The van der Waals surface area contributed by atoms with Crippen molar-refractivity contribution in [3.05, 3.63) is 34.3 Å². The molecule has 1 rings (SSSR count). The molecular weight excluding hydrogens is 242 g/mol. The van der Waals surface area contributed by atoms with E-state index in [0.717, 1.165) is 11.6 Å². The lowest BCUT2D eigenvalue weighted by Gasteiger charge is -2.14. The lowest BCUT2D eigenvalue weighted by molar-refractivity contribution is 0.483. The minimum Gasteiger partial charge on any atom is -0.310 e. The van der Waals surface area contributed by atoms with Crippen LogP contribution in [0.1, 0.15) is 57.1 Å². The summed E-state index contributed by atoms with van der Waals surface area (Å²) in [6.45, 7) is 7.45. The molecule has 102 valence electrons. The molecule has 1 unspecified atom stereocenters. The number of hydrogen-bond donors (Lipinski definition) is 1. The normalized spacial score (nSPS) is 12.7. The molecule has 0 aliphatic heterocycles. The van der Waals surface area contributed by atoms with Crippen LogP contribution in [-0.2, 0) is 6.54 Å². The van der Waals surface area contributed by atoms with Crippen LogP contribution in [0.4, 0.5) is 0 Å². The Balaban J connectivity index is 2.27. The van der Waals surface area contributed by atoms with Crippen molar-refractivity contribution in [3.8, 4) is 0 Å². The molecule has 1 N–H and O–H groups in total. The molecule has 1 aromatic rings. The molecule has 0 radical (unpaired) electrons. The average Bonchev–Trinajstić information content (AvgIpc) is 2.33. The minimum absolute atomic E-state index is 0.569. The summed E-state index contributed by atoms with van der Waals surface area (Å²) >= 11 is 6.22. The van der Waals surface area contributed by atoms with Crippen molar-refractivity contribution in [2.24, 2.45) is 0 Å². The molecule has 0 spiro atoms. The zero-order chi connectivity index (χ0) is 13.4. The summed E-state index contributed by atoms with van der Waals surface area (Å²) in [7, 11) is 0. The zero-order valence-corrected chi connectivity index (χ0v) is 12.7. The van der Waals surface area contributed by atoms with Gasteiger partial charge in [-0.05, 0) is 37.5 Å². The van der Waals surface area contributed by atoms with Crippen molar-refractivity contribution in [2.45, 2.75) is 65.5 Å². The maximum Gasteiger partial charge on any atom is 0.0453 e. The van der Waals surface area contributed by atoms with E-state index in [-0.39, 0.29) is 0 Å². The number of rotatable bonds is 8. The van der Waals surface area contributed by atoms with E-state index in [0.29, 0.717) is 6.04 Å². The van der Waals surface area contributed by atoms with E-state index in [1.54, 1.807) is 0 Å². The Morgan fingerprint density at radius 1 is 1.22 bits per heavy atom. The minimum atomic E-state index is 0.569. The number of halogens is 1. The van der Waals surface area contributed by atoms with Gasteiger partial charge in [-0.2, -0.15) is 0 Å². The Labute approximate surface area is 117 Å². The first kappa shape index (κ1) is 15.5. The maximum absolute atomic E-state index is 6.22. The monoisotopic (exact) mass is 267 g/mol. The van der Waals surface area contributed by atoms with Gasteiger partial charge in [-0.15, -0.1) is 0 Å². The average molecular weight is 268 g/mol. The first-order chi connectivity index (χ1) is 8.63. The number of nitrogens with one attached hydrogen (secondary N) is 1. The Kier molecular flexibility index (Phi) is 7.38. The standard InChI is InChI=1S/C16H26ClN/c1-4-5-6-7-8-14(3)18-12-15-10-9-13(2)11-16(15)17/h9-11,14,18H,4-8,12H2,1-3H3. The van der Waals surface area contributed by atoms with Crippen LogP contribution in [0.2, 0.25) is 5.02 Å². The molecule has 1 atom stereocenters. The Morgan fingerprint density at radius 3 is 2.67 bits per heavy atom. The van der Waals surface area contributed by atoms with E-state index in [9.17, 15) is 0 Å². The predicted molar refractivity (Wildman–Crippen MR) is 81.2 cm³/mol. The third-order valence-corrected chi connectivity index (χ3v) is 3.69. The summed E-state index contributed by atoms with van der Waals surface area (Å²) in [6.07, 6.45) is 6.60. The smallest absolute Gasteiger partial charge is 0.0453 e. The highest BCUT2D eigenvalue weighted by molar-refractivity contribution is 6.31. The second-order valence-electron chi connectivity index (χ2n) is 5.23. The van der Waals surface area contributed by atoms with Gasteiger partial charge in [0, 0.05) is 17.6 Å². The van der Waals surface area contributed by atoms with Crippen molar-refractivity contribution >= 4 is 11.6 Å². The fraction of sp³-hybridized carbons (Fsp3) is 0.625. The highest BCUT2D eigenvalue weighted by Crippen LogP contribution is 2.17. The zero-order valence-electron chi connectivity index (χ0n) is 11.9. The summed E-state index contributed by atoms with van der Waals surface area (Å²) in [4.78, 5) is 0. The van der Waals surface area contributed by atoms with E-state index >= 15 is 0 Å². The molecule has 1 aromatic carbocycles. The molecule has 0 fully saturated rings. The quantitative estimate of drug-likeness (QED) is 0.647. The predicted octanol–water partition coefficient (Wildman–Crippen LogP) is 5.10. The van der Waals surface area contributed by atoms with Crippen molar-refractivity contribution in [1.82, 2.24) is 5.32 Å². The summed E-state index contributed by atoms with van der Waals surface area (Å²) in [5.74, 6) is 0. The van der Waals surface area contributed by atoms with Crippen LogP contribution in [0.15, 0.2) is 18.2 Å². The molecule has 2 heteroatoms. The number of unbranched alkanes of at least 4 members (excludes halogenated alkanes) is 3. The van der Waals surface area contributed by atoms with Gasteiger partial charge < -0.3 is 5.32 Å². The van der Waals surface area contributed by atoms with Crippen LogP contribution in [0.25, 0.3) is 0 Å². The molecule has 0 bridgehead atoms. The highest BCUT2D eigenvalue weighted by atomic mass is 35.5. The SMILES string of the molecule is CCCCCCC(C)NCc1ccc(C)cc1Cl. The van der Waals surface area contributed by atoms with E-state index in [1.165, 1.54) is 43.2 Å². The van der Waals surface area contributed by atoms with Gasteiger partial charge >= 0.3 is 0 Å². The topological polar surface area (TPSA) is 12.0 Å². The molecular formula is C16H26ClN. The van der Waals surface area contributed by atoms with Crippen LogP contribution in [0.5, 0.6) is 0 Å². The Morgan fingerprint density at radius 2 is 2.00 bits per heavy atom. The molecule has 0 heterocycles. The van der Waals surface area contributed by atoms with Crippen LogP contribution >= 0.6 is 11.6 Å². The van der Waals surface area contributed by atoms with Gasteiger partial charge in [0.1, 0.15) is 0 Å². The van der Waals surface area contributed by atoms with Gasteiger partial charge in [0.25, 0.3) is 0 Å². The van der Waals surface area contributed by atoms with Gasteiger partial charge in [0.15, 0.2) is 0 Å². The Bertz CT molecular complexity index is 349. The molecule has 0 aliphatic rings. The van der Waals surface area contributed by atoms with Gasteiger partial charge in [-0.3, -0.25) is 0 Å². The largest absolute Gasteiger partial charge is 0.310 e. The molecule has 18 heavy (non-hydrogen) atoms. The third-order valence-electron chi connectivity index (χ3n) is 3.34. The third kappa shape index (κ3) is 5.88. The fourth-order valence-electron chi connectivity index (χ4n) is 2.06. The first-order valence-electron chi connectivity index (χ1n) is 7.12. The fourth-order valence-corrected chi connectivity index (χ4v) is 2.36. The van der Waals surface area contributed by atoms with Crippen molar-refractivity contribution in [3.63, 3.8) is 0 Å². The molecule has 1 nitrogen and oxygen atoms in total. The molecule has 0 amide bonds. The second-order valence-corrected chi connectivity index (χ2v) is 5.63. The summed E-state index contributed by atoms with van der Waals surface area (Å²) in [5.41, 5.74) is 2.42.